The van der Waals surface area contributed by atoms with Gasteiger partial charge in [-0.05, 0) is 67.2 Å². The molecule has 1 aromatic carbocycles. The Bertz CT molecular complexity index is 506. The molecule has 2 aliphatic rings. The third-order valence-electron chi connectivity index (χ3n) is 4.45. The van der Waals surface area contributed by atoms with Crippen LogP contribution in [0, 0.1) is 11.7 Å². The van der Waals surface area contributed by atoms with Crippen LogP contribution in [0.5, 0.6) is 0 Å². The van der Waals surface area contributed by atoms with Gasteiger partial charge in [-0.1, -0.05) is 6.07 Å². The maximum atomic E-state index is 14.3. The van der Waals surface area contributed by atoms with E-state index in [9.17, 15) is 9.18 Å². The first-order valence-corrected chi connectivity index (χ1v) is 7.18. The number of carboxylic acid groups (broad SMARTS) is 1. The van der Waals surface area contributed by atoms with Gasteiger partial charge >= 0.3 is 5.97 Å². The van der Waals surface area contributed by atoms with Crippen LogP contribution in [0.2, 0.25) is 0 Å². The van der Waals surface area contributed by atoms with E-state index >= 15 is 0 Å². The Morgan fingerprint density at radius 2 is 1.89 bits per heavy atom. The van der Waals surface area contributed by atoms with Crippen LogP contribution in [0.1, 0.15) is 54.7 Å². The van der Waals surface area contributed by atoms with E-state index in [4.69, 9.17) is 5.11 Å². The molecule has 19 heavy (non-hydrogen) atoms. The normalized spacial score (nSPS) is 19.8. The highest BCUT2D eigenvalue weighted by atomic mass is 19.1. The molecule has 1 unspecified atom stereocenters. The molecule has 2 nitrogen and oxygen atoms in total. The van der Waals surface area contributed by atoms with Gasteiger partial charge < -0.3 is 5.11 Å². The SMILES string of the molecule is O=C(O)CC(c1cc2c(cc1F)CCCC2)C1CC1. The van der Waals surface area contributed by atoms with Crippen LogP contribution in [0.4, 0.5) is 4.39 Å². The summed E-state index contributed by atoms with van der Waals surface area (Å²) in [6.07, 6.45) is 6.38. The summed E-state index contributed by atoms with van der Waals surface area (Å²) in [5, 5.41) is 9.03. The summed E-state index contributed by atoms with van der Waals surface area (Å²) in [6, 6.07) is 3.61. The van der Waals surface area contributed by atoms with E-state index in [2.05, 4.69) is 0 Å². The van der Waals surface area contributed by atoms with Crippen molar-refractivity contribution in [3.05, 3.63) is 34.6 Å². The van der Waals surface area contributed by atoms with E-state index in [0.29, 0.717) is 11.5 Å². The molecular formula is C16H19FO2. The second kappa shape index (κ2) is 4.95. The minimum absolute atomic E-state index is 0.0559. The van der Waals surface area contributed by atoms with Crippen molar-refractivity contribution in [2.75, 3.05) is 0 Å². The van der Waals surface area contributed by atoms with E-state index in [1.54, 1.807) is 6.07 Å². The summed E-state index contributed by atoms with van der Waals surface area (Å²) in [4.78, 5) is 11.0. The van der Waals surface area contributed by atoms with Crippen LogP contribution in [0.3, 0.4) is 0 Å². The Hall–Kier alpha value is -1.38. The molecule has 1 N–H and O–H groups in total. The minimum Gasteiger partial charge on any atom is -0.481 e. The number of benzene rings is 1. The van der Waals surface area contributed by atoms with Crippen molar-refractivity contribution in [1.29, 1.82) is 0 Å². The van der Waals surface area contributed by atoms with Gasteiger partial charge in [0.25, 0.3) is 0 Å². The molecule has 1 atom stereocenters. The quantitative estimate of drug-likeness (QED) is 0.898. The number of carbonyl (C=O) groups is 1. The largest absolute Gasteiger partial charge is 0.481 e. The van der Waals surface area contributed by atoms with Crippen molar-refractivity contribution in [3.8, 4) is 0 Å². The molecule has 0 heterocycles. The van der Waals surface area contributed by atoms with Gasteiger partial charge in [0, 0.05) is 5.92 Å². The first kappa shape index (κ1) is 12.6. The van der Waals surface area contributed by atoms with Crippen molar-refractivity contribution in [3.63, 3.8) is 0 Å². The zero-order valence-electron chi connectivity index (χ0n) is 11.0. The summed E-state index contributed by atoms with van der Waals surface area (Å²) in [6.45, 7) is 0. The van der Waals surface area contributed by atoms with Crippen molar-refractivity contribution in [2.45, 2.75) is 50.9 Å². The molecule has 1 fully saturated rings. The Morgan fingerprint density at radius 1 is 1.26 bits per heavy atom. The number of hydrogen-bond donors (Lipinski definition) is 1. The highest BCUT2D eigenvalue weighted by molar-refractivity contribution is 5.68. The zero-order valence-corrected chi connectivity index (χ0v) is 11.0. The third kappa shape index (κ3) is 2.65. The fourth-order valence-electron chi connectivity index (χ4n) is 3.28. The molecule has 3 heteroatoms. The maximum absolute atomic E-state index is 14.3. The third-order valence-corrected chi connectivity index (χ3v) is 4.45. The minimum atomic E-state index is -0.825. The number of rotatable bonds is 4. The predicted octanol–water partition coefficient (Wildman–Crippen LogP) is 3.67. The van der Waals surface area contributed by atoms with Crippen molar-refractivity contribution >= 4 is 5.97 Å². The standard InChI is InChI=1S/C16H19FO2/c17-15-8-12-4-2-1-3-11(12)7-14(15)13(9-16(18)19)10-5-6-10/h7-8,10,13H,1-6,9H2,(H,18,19). The second-order valence-corrected chi connectivity index (χ2v) is 5.89. The number of hydrogen-bond acceptors (Lipinski definition) is 1. The van der Waals surface area contributed by atoms with Gasteiger partial charge in [0.15, 0.2) is 0 Å². The Morgan fingerprint density at radius 3 is 2.47 bits per heavy atom. The van der Waals surface area contributed by atoms with Crippen molar-refractivity contribution < 1.29 is 14.3 Å². The fourth-order valence-corrected chi connectivity index (χ4v) is 3.28. The second-order valence-electron chi connectivity index (χ2n) is 5.89. The molecule has 0 spiro atoms. The lowest BCUT2D eigenvalue weighted by Gasteiger charge is -2.21. The van der Waals surface area contributed by atoms with Gasteiger partial charge in [0.05, 0.1) is 6.42 Å². The van der Waals surface area contributed by atoms with Gasteiger partial charge in [-0.2, -0.15) is 0 Å². The molecule has 0 amide bonds. The van der Waals surface area contributed by atoms with Crippen LogP contribution in [-0.4, -0.2) is 11.1 Å². The highest BCUT2D eigenvalue weighted by Gasteiger charge is 2.35. The van der Waals surface area contributed by atoms with E-state index in [1.165, 1.54) is 5.56 Å². The van der Waals surface area contributed by atoms with Gasteiger partial charge in [0.1, 0.15) is 5.82 Å². The molecule has 2 aliphatic carbocycles. The first-order valence-electron chi connectivity index (χ1n) is 7.18. The van der Waals surface area contributed by atoms with E-state index < -0.39 is 5.97 Å². The average molecular weight is 262 g/mol. The van der Waals surface area contributed by atoms with Crippen molar-refractivity contribution in [1.82, 2.24) is 0 Å². The van der Waals surface area contributed by atoms with E-state index in [1.807, 2.05) is 6.07 Å². The molecule has 1 saturated carbocycles. The van der Waals surface area contributed by atoms with Crippen LogP contribution in [0.25, 0.3) is 0 Å². The molecule has 102 valence electrons. The van der Waals surface area contributed by atoms with Gasteiger partial charge in [-0.25, -0.2) is 4.39 Å². The van der Waals surface area contributed by atoms with E-state index in [-0.39, 0.29) is 18.2 Å². The average Bonchev–Trinajstić information content (AvgIpc) is 3.19. The van der Waals surface area contributed by atoms with Gasteiger partial charge in [-0.15, -0.1) is 0 Å². The lowest BCUT2D eigenvalue weighted by Crippen LogP contribution is -2.13. The number of aryl methyl sites for hydroxylation is 2. The van der Waals surface area contributed by atoms with Gasteiger partial charge in [-0.3, -0.25) is 4.79 Å². The van der Waals surface area contributed by atoms with Crippen LogP contribution in [-0.2, 0) is 17.6 Å². The number of fused-ring (bicyclic) bond motifs is 1. The smallest absolute Gasteiger partial charge is 0.303 e. The molecule has 0 aliphatic heterocycles. The Balaban J connectivity index is 1.95. The summed E-state index contributed by atoms with van der Waals surface area (Å²) in [5.74, 6) is -0.787. The summed E-state index contributed by atoms with van der Waals surface area (Å²) in [7, 11) is 0. The molecule has 0 aromatic heterocycles. The highest BCUT2D eigenvalue weighted by Crippen LogP contribution is 2.45. The van der Waals surface area contributed by atoms with Crippen LogP contribution >= 0.6 is 0 Å². The first-order chi connectivity index (χ1) is 9.15. The lowest BCUT2D eigenvalue weighted by atomic mass is 9.84. The number of halogens is 1. The Labute approximate surface area is 112 Å². The Kier molecular flexibility index (Phi) is 3.29. The van der Waals surface area contributed by atoms with Crippen molar-refractivity contribution in [2.24, 2.45) is 5.92 Å². The van der Waals surface area contributed by atoms with Crippen LogP contribution < -0.4 is 0 Å². The molecule has 0 bridgehead atoms. The predicted molar refractivity (Wildman–Crippen MR) is 70.8 cm³/mol. The number of carboxylic acids is 1. The maximum Gasteiger partial charge on any atom is 0.303 e. The summed E-state index contributed by atoms with van der Waals surface area (Å²) >= 11 is 0. The molecule has 1 aromatic rings. The summed E-state index contributed by atoms with van der Waals surface area (Å²) in [5.41, 5.74) is 3.00. The molecule has 0 saturated heterocycles. The van der Waals surface area contributed by atoms with Crippen LogP contribution in [0.15, 0.2) is 12.1 Å². The van der Waals surface area contributed by atoms with E-state index in [0.717, 1.165) is 44.1 Å². The monoisotopic (exact) mass is 262 g/mol. The lowest BCUT2D eigenvalue weighted by molar-refractivity contribution is -0.137. The van der Waals surface area contributed by atoms with Gasteiger partial charge in [0.2, 0.25) is 0 Å². The molecular weight excluding hydrogens is 243 g/mol. The number of aliphatic carboxylic acids is 1. The summed E-state index contributed by atoms with van der Waals surface area (Å²) < 4.78 is 14.3. The fraction of sp³-hybridized carbons (Fsp3) is 0.562. The zero-order chi connectivity index (χ0) is 13.4. The molecule has 3 rings (SSSR count). The molecule has 0 radical (unpaired) electrons. The topological polar surface area (TPSA) is 37.3 Å².